The van der Waals surface area contributed by atoms with E-state index in [1.807, 2.05) is 12.3 Å². The molecule has 4 heteroatoms. The molecule has 0 unspecified atom stereocenters. The highest BCUT2D eigenvalue weighted by Gasteiger charge is 2.10. The van der Waals surface area contributed by atoms with Crippen molar-refractivity contribution in [2.24, 2.45) is 0 Å². The van der Waals surface area contributed by atoms with Gasteiger partial charge in [-0.25, -0.2) is 0 Å². The fourth-order valence-corrected chi connectivity index (χ4v) is 3.85. The van der Waals surface area contributed by atoms with Crippen molar-refractivity contribution in [1.29, 1.82) is 0 Å². The molecule has 0 amide bonds. The van der Waals surface area contributed by atoms with Gasteiger partial charge in [0.25, 0.3) is 0 Å². The molecule has 0 saturated carbocycles. The smallest absolute Gasteiger partial charge is 0.0786 e. The van der Waals surface area contributed by atoms with Crippen molar-refractivity contribution < 1.29 is 5.11 Å². The van der Waals surface area contributed by atoms with Crippen LogP contribution < -0.4 is 0 Å². The van der Waals surface area contributed by atoms with E-state index in [4.69, 9.17) is 0 Å². The second-order valence-electron chi connectivity index (χ2n) is 2.86. The van der Waals surface area contributed by atoms with Crippen LogP contribution in [0.15, 0.2) is 27.6 Å². The van der Waals surface area contributed by atoms with Gasteiger partial charge >= 0.3 is 0 Å². The van der Waals surface area contributed by atoms with Crippen LogP contribution in [-0.2, 0) is 6.61 Å². The minimum Gasteiger partial charge on any atom is -0.391 e. The number of benzene rings is 1. The average Bonchev–Trinajstić information content (AvgIpc) is 2.54. The Kier molecular flexibility index (Phi) is 3.17. The third kappa shape index (κ3) is 1.72. The second kappa shape index (κ2) is 4.23. The minimum absolute atomic E-state index is 0.132. The van der Waals surface area contributed by atoms with E-state index in [1.165, 1.54) is 15.0 Å². The number of fused-ring (bicyclic) bond motifs is 1. The lowest BCUT2D eigenvalue weighted by molar-refractivity contribution is 0.283. The summed E-state index contributed by atoms with van der Waals surface area (Å²) in [5, 5.41) is 10.4. The molecule has 2 rings (SSSR count). The molecule has 1 heterocycles. The predicted octanol–water partition coefficient (Wildman–Crippen LogP) is 3.88. The third-order valence-electron chi connectivity index (χ3n) is 2.02. The normalized spacial score (nSPS) is 11.1. The number of aliphatic hydroxyl groups excluding tert-OH is 1. The fraction of sp³-hybridized carbons (Fsp3) is 0.200. The van der Waals surface area contributed by atoms with E-state index in [-0.39, 0.29) is 6.61 Å². The topological polar surface area (TPSA) is 20.2 Å². The first kappa shape index (κ1) is 10.5. The van der Waals surface area contributed by atoms with Crippen molar-refractivity contribution in [3.05, 3.63) is 27.5 Å². The maximum absolute atomic E-state index is 9.21. The van der Waals surface area contributed by atoms with Crippen LogP contribution in [0.2, 0.25) is 0 Å². The molecular formula is C10H9BrOS2. The van der Waals surface area contributed by atoms with E-state index < -0.39 is 0 Å². The van der Waals surface area contributed by atoms with Gasteiger partial charge in [-0.3, -0.25) is 0 Å². The molecule has 0 saturated heterocycles. The van der Waals surface area contributed by atoms with Gasteiger partial charge in [-0.1, -0.05) is 15.9 Å². The van der Waals surface area contributed by atoms with Gasteiger partial charge in [-0.05, 0) is 24.5 Å². The summed E-state index contributed by atoms with van der Waals surface area (Å²) in [6.07, 6.45) is 2.04. The number of thioether (sulfide) groups is 1. The quantitative estimate of drug-likeness (QED) is 0.847. The zero-order valence-corrected chi connectivity index (χ0v) is 10.8. The lowest BCUT2D eigenvalue weighted by Crippen LogP contribution is -1.78. The first-order valence-electron chi connectivity index (χ1n) is 4.12. The number of aliphatic hydroxyl groups is 1. The van der Waals surface area contributed by atoms with Crippen molar-refractivity contribution in [1.82, 2.24) is 0 Å². The largest absolute Gasteiger partial charge is 0.391 e. The highest BCUT2D eigenvalue weighted by molar-refractivity contribution is 9.10. The molecule has 14 heavy (non-hydrogen) atoms. The summed E-state index contributed by atoms with van der Waals surface area (Å²) in [5.41, 5.74) is 0. The molecule has 1 aromatic heterocycles. The summed E-state index contributed by atoms with van der Waals surface area (Å²) >= 11 is 6.82. The molecule has 0 bridgehead atoms. The molecule has 0 fully saturated rings. The number of hydrogen-bond donors (Lipinski definition) is 1. The zero-order valence-electron chi connectivity index (χ0n) is 7.58. The van der Waals surface area contributed by atoms with Crippen LogP contribution in [0, 0.1) is 0 Å². The molecule has 1 N–H and O–H groups in total. The molecule has 1 aromatic carbocycles. The first-order valence-corrected chi connectivity index (χ1v) is 6.95. The standard InChI is InChI=1S/C10H9BrOS2/c1-13-10-7-4-6(11)2-3-8(7)14-9(10)5-12/h2-4,12H,5H2,1H3. The van der Waals surface area contributed by atoms with Crippen molar-refractivity contribution in [3.8, 4) is 0 Å². The highest BCUT2D eigenvalue weighted by atomic mass is 79.9. The Morgan fingerprint density at radius 3 is 2.93 bits per heavy atom. The van der Waals surface area contributed by atoms with Gasteiger partial charge in [-0.2, -0.15) is 0 Å². The Morgan fingerprint density at radius 2 is 2.29 bits per heavy atom. The molecule has 1 nitrogen and oxygen atoms in total. The Bertz CT molecular complexity index is 464. The van der Waals surface area contributed by atoms with E-state index in [2.05, 4.69) is 28.1 Å². The molecule has 74 valence electrons. The van der Waals surface area contributed by atoms with Crippen molar-refractivity contribution in [2.45, 2.75) is 11.5 Å². The zero-order chi connectivity index (χ0) is 10.1. The molecule has 0 aliphatic rings. The van der Waals surface area contributed by atoms with Crippen molar-refractivity contribution >= 4 is 49.1 Å². The van der Waals surface area contributed by atoms with Crippen LogP contribution in [0.5, 0.6) is 0 Å². The van der Waals surface area contributed by atoms with Crippen LogP contribution in [0.3, 0.4) is 0 Å². The van der Waals surface area contributed by atoms with Gasteiger partial charge in [0.2, 0.25) is 0 Å². The van der Waals surface area contributed by atoms with Gasteiger partial charge < -0.3 is 5.11 Å². The lowest BCUT2D eigenvalue weighted by atomic mass is 10.2. The monoisotopic (exact) mass is 288 g/mol. The predicted molar refractivity (Wildman–Crippen MR) is 67.2 cm³/mol. The molecule has 0 aliphatic heterocycles. The summed E-state index contributed by atoms with van der Waals surface area (Å²) in [4.78, 5) is 2.26. The number of rotatable bonds is 2. The van der Waals surface area contributed by atoms with Crippen molar-refractivity contribution in [3.63, 3.8) is 0 Å². The van der Waals surface area contributed by atoms with E-state index >= 15 is 0 Å². The van der Waals surface area contributed by atoms with Crippen LogP contribution >= 0.6 is 39.0 Å². The molecule has 0 aliphatic carbocycles. The molecule has 0 radical (unpaired) electrons. The number of thiophene rings is 1. The Hall–Kier alpha value is -0.0300. The lowest BCUT2D eigenvalue weighted by Gasteiger charge is -1.97. The number of hydrogen-bond acceptors (Lipinski definition) is 3. The van der Waals surface area contributed by atoms with Crippen LogP contribution in [0.25, 0.3) is 10.1 Å². The Morgan fingerprint density at radius 1 is 1.50 bits per heavy atom. The van der Waals surface area contributed by atoms with E-state index in [1.54, 1.807) is 23.1 Å². The van der Waals surface area contributed by atoms with Gasteiger partial charge in [0.15, 0.2) is 0 Å². The van der Waals surface area contributed by atoms with Gasteiger partial charge in [0.05, 0.1) is 6.61 Å². The van der Waals surface area contributed by atoms with E-state index in [0.717, 1.165) is 9.35 Å². The van der Waals surface area contributed by atoms with Gasteiger partial charge in [0, 0.05) is 24.3 Å². The van der Waals surface area contributed by atoms with E-state index in [0.29, 0.717) is 0 Å². The third-order valence-corrected chi connectivity index (χ3v) is 4.67. The maximum Gasteiger partial charge on any atom is 0.0786 e. The molecule has 0 spiro atoms. The van der Waals surface area contributed by atoms with E-state index in [9.17, 15) is 5.11 Å². The van der Waals surface area contributed by atoms with Crippen molar-refractivity contribution in [2.75, 3.05) is 6.26 Å². The molecule has 0 atom stereocenters. The first-order chi connectivity index (χ1) is 6.76. The van der Waals surface area contributed by atoms with Crippen LogP contribution in [0.4, 0.5) is 0 Å². The minimum atomic E-state index is 0.132. The highest BCUT2D eigenvalue weighted by Crippen LogP contribution is 2.38. The molecular weight excluding hydrogens is 280 g/mol. The summed E-state index contributed by atoms with van der Waals surface area (Å²) < 4.78 is 2.32. The summed E-state index contributed by atoms with van der Waals surface area (Å²) in [7, 11) is 0. The Labute approximate surface area is 99.3 Å². The van der Waals surface area contributed by atoms with Crippen LogP contribution in [-0.4, -0.2) is 11.4 Å². The van der Waals surface area contributed by atoms with Gasteiger partial charge in [0.1, 0.15) is 0 Å². The maximum atomic E-state index is 9.21. The van der Waals surface area contributed by atoms with Gasteiger partial charge in [-0.15, -0.1) is 23.1 Å². The van der Waals surface area contributed by atoms with Crippen LogP contribution in [0.1, 0.15) is 4.88 Å². The molecule has 2 aromatic rings. The SMILES string of the molecule is CSc1c(CO)sc2ccc(Br)cc12. The summed E-state index contributed by atoms with van der Waals surface area (Å²) in [5.74, 6) is 0. The second-order valence-corrected chi connectivity index (χ2v) is 5.73. The number of halogens is 1. The summed E-state index contributed by atoms with van der Waals surface area (Å²) in [6.45, 7) is 0.132. The Balaban J connectivity index is 2.74. The fourth-order valence-electron chi connectivity index (χ4n) is 1.43. The summed E-state index contributed by atoms with van der Waals surface area (Å²) in [6, 6.07) is 6.23. The average molecular weight is 289 g/mol.